The number of hydrogen-bond donors (Lipinski definition) is 2. The molecule has 8 heteroatoms. The molecule has 162 valence electrons. The van der Waals surface area contributed by atoms with E-state index >= 15 is 0 Å². The fraction of sp³-hybridized carbons (Fsp3) is 0.850. The average Bonchev–Trinajstić information content (AvgIpc) is 2.62. The van der Waals surface area contributed by atoms with Crippen molar-refractivity contribution in [1.29, 1.82) is 0 Å². The van der Waals surface area contributed by atoms with Gasteiger partial charge in [0.25, 0.3) is 0 Å². The van der Waals surface area contributed by atoms with Gasteiger partial charge in [-0.25, -0.2) is 4.79 Å². The van der Waals surface area contributed by atoms with Crippen LogP contribution in [0.3, 0.4) is 0 Å². The van der Waals surface area contributed by atoms with Crippen LogP contribution in [-0.4, -0.2) is 78.2 Å². The zero-order chi connectivity index (χ0) is 21.4. The summed E-state index contributed by atoms with van der Waals surface area (Å²) in [5.74, 6) is 0.932. The SMILES string of the molecule is CCNC(=NCC(CC)(CC)NC(=O)OC(C)(C)C)N1CCN(C(C)=O)CC1. The summed E-state index contributed by atoms with van der Waals surface area (Å²) in [5.41, 5.74) is -0.990. The second-order valence-electron chi connectivity index (χ2n) is 8.28. The number of nitrogens with zero attached hydrogens (tertiary/aromatic N) is 3. The highest BCUT2D eigenvalue weighted by molar-refractivity contribution is 5.81. The van der Waals surface area contributed by atoms with Crippen LogP contribution < -0.4 is 10.6 Å². The van der Waals surface area contributed by atoms with Crippen molar-refractivity contribution in [3.05, 3.63) is 0 Å². The molecule has 1 saturated heterocycles. The lowest BCUT2D eigenvalue weighted by molar-refractivity contribution is -0.130. The van der Waals surface area contributed by atoms with Crippen molar-refractivity contribution in [2.75, 3.05) is 39.3 Å². The van der Waals surface area contributed by atoms with Gasteiger partial charge in [-0.2, -0.15) is 0 Å². The number of aliphatic imine (C=N–C) groups is 1. The molecule has 1 aliphatic heterocycles. The van der Waals surface area contributed by atoms with Gasteiger partial charge in [-0.1, -0.05) is 13.8 Å². The van der Waals surface area contributed by atoms with E-state index in [1.54, 1.807) is 6.92 Å². The van der Waals surface area contributed by atoms with E-state index in [4.69, 9.17) is 9.73 Å². The number of guanidine groups is 1. The summed E-state index contributed by atoms with van der Waals surface area (Å²) < 4.78 is 5.44. The number of carbonyl (C=O) groups excluding carboxylic acids is 2. The van der Waals surface area contributed by atoms with Crippen molar-refractivity contribution >= 4 is 18.0 Å². The highest BCUT2D eigenvalue weighted by Crippen LogP contribution is 2.18. The van der Waals surface area contributed by atoms with Crippen molar-refractivity contribution in [3.8, 4) is 0 Å². The summed E-state index contributed by atoms with van der Waals surface area (Å²) in [6.45, 7) is 17.4. The van der Waals surface area contributed by atoms with Gasteiger partial charge in [0.1, 0.15) is 5.60 Å². The zero-order valence-electron chi connectivity index (χ0n) is 18.7. The molecule has 1 rings (SSSR count). The average molecular weight is 398 g/mol. The molecular formula is C20H39N5O3. The number of carbonyl (C=O) groups is 2. The maximum absolute atomic E-state index is 12.3. The van der Waals surface area contributed by atoms with Gasteiger partial charge in [-0.05, 0) is 40.5 Å². The topological polar surface area (TPSA) is 86.3 Å². The van der Waals surface area contributed by atoms with E-state index in [1.165, 1.54) is 0 Å². The maximum atomic E-state index is 12.3. The zero-order valence-corrected chi connectivity index (χ0v) is 18.7. The Morgan fingerprint density at radius 2 is 1.54 bits per heavy atom. The van der Waals surface area contributed by atoms with Gasteiger partial charge < -0.3 is 25.2 Å². The minimum atomic E-state index is -0.536. The summed E-state index contributed by atoms with van der Waals surface area (Å²) >= 11 is 0. The molecule has 2 N–H and O–H groups in total. The van der Waals surface area contributed by atoms with Crippen molar-refractivity contribution in [2.24, 2.45) is 4.99 Å². The quantitative estimate of drug-likeness (QED) is 0.530. The molecule has 0 atom stereocenters. The standard InChI is InChI=1S/C20H39N5O3/c1-8-20(9-2,23-18(27)28-19(5,6)7)15-22-17(21-10-3)25-13-11-24(12-14-25)16(4)26/h8-15H2,1-7H3,(H,21,22)(H,23,27). The first kappa shape index (κ1) is 24.0. The highest BCUT2D eigenvalue weighted by atomic mass is 16.6. The first-order chi connectivity index (χ1) is 13.1. The van der Waals surface area contributed by atoms with Gasteiger partial charge in [0.2, 0.25) is 5.91 Å². The van der Waals surface area contributed by atoms with E-state index < -0.39 is 17.2 Å². The van der Waals surface area contributed by atoms with Crippen LogP contribution in [0.5, 0.6) is 0 Å². The van der Waals surface area contributed by atoms with Crippen LogP contribution in [-0.2, 0) is 9.53 Å². The van der Waals surface area contributed by atoms with Crippen LogP contribution in [0.25, 0.3) is 0 Å². The molecule has 0 aromatic heterocycles. The van der Waals surface area contributed by atoms with Crippen LogP contribution in [0, 0.1) is 0 Å². The Morgan fingerprint density at radius 3 is 1.96 bits per heavy atom. The monoisotopic (exact) mass is 397 g/mol. The lowest BCUT2D eigenvalue weighted by Crippen LogP contribution is -2.55. The molecule has 28 heavy (non-hydrogen) atoms. The highest BCUT2D eigenvalue weighted by Gasteiger charge is 2.31. The fourth-order valence-electron chi connectivity index (χ4n) is 3.10. The summed E-state index contributed by atoms with van der Waals surface area (Å²) in [6.07, 6.45) is 1.10. The number of amides is 2. The van der Waals surface area contributed by atoms with E-state index in [0.717, 1.165) is 38.4 Å². The van der Waals surface area contributed by atoms with E-state index in [9.17, 15) is 9.59 Å². The lowest BCUT2D eigenvalue weighted by atomic mass is 9.93. The van der Waals surface area contributed by atoms with Crippen molar-refractivity contribution in [3.63, 3.8) is 0 Å². The minimum absolute atomic E-state index is 0.110. The predicted molar refractivity (Wildman–Crippen MR) is 112 cm³/mol. The van der Waals surface area contributed by atoms with Crippen molar-refractivity contribution in [1.82, 2.24) is 20.4 Å². The Balaban J connectivity index is 2.85. The van der Waals surface area contributed by atoms with Gasteiger partial charge in [0.05, 0.1) is 12.1 Å². The Bertz CT molecular complexity index is 545. The molecular weight excluding hydrogens is 358 g/mol. The third-order valence-corrected chi connectivity index (χ3v) is 5.01. The summed E-state index contributed by atoms with van der Waals surface area (Å²) in [4.78, 5) is 32.7. The Labute approximate surface area is 170 Å². The number of alkyl carbamates (subject to hydrolysis) is 1. The summed E-state index contributed by atoms with van der Waals surface area (Å²) in [6, 6.07) is 0. The third-order valence-electron chi connectivity index (χ3n) is 5.01. The lowest BCUT2D eigenvalue weighted by Gasteiger charge is -2.37. The van der Waals surface area contributed by atoms with Gasteiger partial charge in [-0.15, -0.1) is 0 Å². The Morgan fingerprint density at radius 1 is 1.00 bits per heavy atom. The summed E-state index contributed by atoms with van der Waals surface area (Å²) in [7, 11) is 0. The van der Waals surface area contributed by atoms with Gasteiger partial charge >= 0.3 is 6.09 Å². The number of hydrogen-bond acceptors (Lipinski definition) is 4. The minimum Gasteiger partial charge on any atom is -0.444 e. The second kappa shape index (κ2) is 10.5. The Hall–Kier alpha value is -1.99. The molecule has 0 aliphatic carbocycles. The molecule has 8 nitrogen and oxygen atoms in total. The molecule has 0 spiro atoms. The first-order valence-electron chi connectivity index (χ1n) is 10.4. The van der Waals surface area contributed by atoms with E-state index in [2.05, 4.69) is 29.4 Å². The van der Waals surface area contributed by atoms with E-state index in [0.29, 0.717) is 19.6 Å². The number of rotatable bonds is 6. The molecule has 1 fully saturated rings. The molecule has 1 aliphatic rings. The Kier molecular flexibility index (Phi) is 9.04. The van der Waals surface area contributed by atoms with Gasteiger partial charge in [-0.3, -0.25) is 9.79 Å². The molecule has 0 radical (unpaired) electrons. The van der Waals surface area contributed by atoms with Gasteiger partial charge in [0, 0.05) is 39.6 Å². The van der Waals surface area contributed by atoms with Crippen LogP contribution in [0.1, 0.15) is 61.3 Å². The fourth-order valence-corrected chi connectivity index (χ4v) is 3.10. The van der Waals surface area contributed by atoms with Crippen LogP contribution in [0.2, 0.25) is 0 Å². The normalized spacial score (nSPS) is 16.0. The van der Waals surface area contributed by atoms with Crippen molar-refractivity contribution < 1.29 is 14.3 Å². The number of piperazine rings is 1. The van der Waals surface area contributed by atoms with E-state index in [1.807, 2.05) is 32.6 Å². The first-order valence-corrected chi connectivity index (χ1v) is 10.4. The molecule has 2 amide bonds. The smallest absolute Gasteiger partial charge is 0.408 e. The molecule has 0 bridgehead atoms. The van der Waals surface area contributed by atoms with Crippen LogP contribution in [0.4, 0.5) is 4.79 Å². The largest absolute Gasteiger partial charge is 0.444 e. The predicted octanol–water partition coefficient (Wildman–Crippen LogP) is 2.20. The van der Waals surface area contributed by atoms with Gasteiger partial charge in [0.15, 0.2) is 5.96 Å². The molecule has 0 aromatic rings. The summed E-state index contributed by atoms with van der Waals surface area (Å²) in [5, 5.41) is 6.38. The number of nitrogens with one attached hydrogen (secondary N) is 2. The molecule has 0 saturated carbocycles. The maximum Gasteiger partial charge on any atom is 0.408 e. The number of ether oxygens (including phenoxy) is 1. The third kappa shape index (κ3) is 7.56. The second-order valence-corrected chi connectivity index (χ2v) is 8.28. The van der Waals surface area contributed by atoms with Crippen molar-refractivity contribution in [2.45, 2.75) is 72.4 Å². The molecule has 0 aromatic carbocycles. The molecule has 0 unspecified atom stereocenters. The van der Waals surface area contributed by atoms with E-state index in [-0.39, 0.29) is 5.91 Å². The molecule has 1 heterocycles. The van der Waals surface area contributed by atoms with Crippen LogP contribution >= 0.6 is 0 Å². The van der Waals surface area contributed by atoms with Crippen LogP contribution in [0.15, 0.2) is 4.99 Å².